The van der Waals surface area contributed by atoms with Crippen LogP contribution in [0, 0.1) is 5.92 Å². The second-order valence-electron chi connectivity index (χ2n) is 5.17. The molecular weight excluding hydrogens is 226 g/mol. The molecule has 0 heterocycles. The van der Waals surface area contributed by atoms with Crippen LogP contribution in [0.3, 0.4) is 0 Å². The molecule has 4 nitrogen and oxygen atoms in total. The van der Waals surface area contributed by atoms with Gasteiger partial charge >= 0.3 is 0 Å². The van der Waals surface area contributed by atoms with Crippen molar-refractivity contribution in [3.8, 4) is 0 Å². The summed E-state index contributed by atoms with van der Waals surface area (Å²) in [5.41, 5.74) is 7.67. The quantitative estimate of drug-likeness (QED) is 0.840. The van der Waals surface area contributed by atoms with Crippen molar-refractivity contribution in [2.45, 2.75) is 26.3 Å². The van der Waals surface area contributed by atoms with Gasteiger partial charge in [0.25, 0.3) is 0 Å². The van der Waals surface area contributed by atoms with Crippen LogP contribution in [-0.4, -0.2) is 26.0 Å². The van der Waals surface area contributed by atoms with E-state index in [0.29, 0.717) is 12.3 Å². The number of nitrogens with two attached hydrogens (primary N) is 1. The van der Waals surface area contributed by atoms with Crippen LogP contribution in [0.5, 0.6) is 0 Å². The first-order valence-electron chi connectivity index (χ1n) is 6.24. The van der Waals surface area contributed by atoms with Crippen molar-refractivity contribution in [2.24, 2.45) is 11.7 Å². The minimum absolute atomic E-state index is 0.125. The fourth-order valence-corrected chi connectivity index (χ4v) is 1.71. The lowest BCUT2D eigenvalue weighted by Crippen LogP contribution is -2.36. The van der Waals surface area contributed by atoms with Crippen LogP contribution in [0.25, 0.3) is 0 Å². The first-order chi connectivity index (χ1) is 8.40. The van der Waals surface area contributed by atoms with Crippen LogP contribution in [-0.2, 0) is 4.79 Å². The van der Waals surface area contributed by atoms with E-state index in [4.69, 9.17) is 5.73 Å². The van der Waals surface area contributed by atoms with Gasteiger partial charge in [0.2, 0.25) is 5.91 Å². The number of hydrogen-bond acceptors (Lipinski definition) is 3. The maximum atomic E-state index is 11.9. The predicted molar refractivity (Wildman–Crippen MR) is 76.8 cm³/mol. The van der Waals surface area contributed by atoms with Gasteiger partial charge in [0, 0.05) is 25.5 Å². The third-order valence-corrected chi connectivity index (χ3v) is 2.69. The number of amides is 1. The molecule has 0 aliphatic carbocycles. The Morgan fingerprint density at radius 1 is 1.39 bits per heavy atom. The Balaban J connectivity index is 2.67. The van der Waals surface area contributed by atoms with Gasteiger partial charge in [-0.25, -0.2) is 0 Å². The van der Waals surface area contributed by atoms with Crippen molar-refractivity contribution in [1.29, 1.82) is 0 Å². The van der Waals surface area contributed by atoms with Crippen molar-refractivity contribution in [3.05, 3.63) is 24.3 Å². The van der Waals surface area contributed by atoms with Crippen LogP contribution in [0.4, 0.5) is 11.4 Å². The third kappa shape index (κ3) is 4.37. The maximum absolute atomic E-state index is 11.9. The lowest BCUT2D eigenvalue weighted by atomic mass is 10.0. The van der Waals surface area contributed by atoms with Crippen LogP contribution in [0.15, 0.2) is 24.3 Å². The molecule has 0 unspecified atom stereocenters. The highest BCUT2D eigenvalue weighted by Crippen LogP contribution is 2.17. The topological polar surface area (TPSA) is 58.4 Å². The molecule has 0 saturated heterocycles. The Bertz CT molecular complexity index is 402. The van der Waals surface area contributed by atoms with Crippen molar-refractivity contribution < 1.29 is 4.79 Å². The molecule has 3 N–H and O–H groups in total. The summed E-state index contributed by atoms with van der Waals surface area (Å²) in [6, 6.07) is 7.25. The van der Waals surface area contributed by atoms with E-state index < -0.39 is 6.04 Å². The highest BCUT2D eigenvalue weighted by Gasteiger charge is 2.15. The van der Waals surface area contributed by atoms with E-state index in [1.807, 2.05) is 43.3 Å². The summed E-state index contributed by atoms with van der Waals surface area (Å²) in [6.07, 6.45) is 0.694. The average molecular weight is 249 g/mol. The van der Waals surface area contributed by atoms with Gasteiger partial charge in [-0.15, -0.1) is 0 Å². The molecule has 0 aliphatic heterocycles. The minimum atomic E-state index is -0.451. The fraction of sp³-hybridized carbons (Fsp3) is 0.500. The summed E-state index contributed by atoms with van der Waals surface area (Å²) in [5, 5.41) is 2.85. The summed E-state index contributed by atoms with van der Waals surface area (Å²) >= 11 is 0. The standard InChI is InChI=1S/C14H23N3O/c1-10(2)8-13(15)14(18)16-11-6-5-7-12(9-11)17(3)4/h5-7,9-10,13H,8,15H2,1-4H3,(H,16,18)/t13-/m0/s1. The molecule has 0 aromatic heterocycles. The zero-order chi connectivity index (χ0) is 13.7. The van der Waals surface area contributed by atoms with Crippen molar-refractivity contribution in [3.63, 3.8) is 0 Å². The first-order valence-corrected chi connectivity index (χ1v) is 6.24. The number of rotatable bonds is 5. The second-order valence-corrected chi connectivity index (χ2v) is 5.17. The Morgan fingerprint density at radius 2 is 2.06 bits per heavy atom. The van der Waals surface area contributed by atoms with E-state index in [0.717, 1.165) is 11.4 Å². The Hall–Kier alpha value is -1.55. The van der Waals surface area contributed by atoms with Gasteiger partial charge in [-0.05, 0) is 30.5 Å². The molecular formula is C14H23N3O. The monoisotopic (exact) mass is 249 g/mol. The Morgan fingerprint density at radius 3 is 2.61 bits per heavy atom. The molecule has 18 heavy (non-hydrogen) atoms. The van der Waals surface area contributed by atoms with E-state index in [-0.39, 0.29) is 5.91 Å². The number of hydrogen-bond donors (Lipinski definition) is 2. The molecule has 0 bridgehead atoms. The van der Waals surface area contributed by atoms with E-state index in [2.05, 4.69) is 19.2 Å². The fourth-order valence-electron chi connectivity index (χ4n) is 1.71. The molecule has 1 rings (SSSR count). The minimum Gasteiger partial charge on any atom is -0.378 e. The normalized spacial score (nSPS) is 12.3. The predicted octanol–water partition coefficient (Wildman–Crippen LogP) is 2.06. The third-order valence-electron chi connectivity index (χ3n) is 2.69. The van der Waals surface area contributed by atoms with E-state index in [9.17, 15) is 4.79 Å². The number of benzene rings is 1. The molecule has 0 saturated carbocycles. The van der Waals surface area contributed by atoms with Crippen molar-refractivity contribution >= 4 is 17.3 Å². The van der Waals surface area contributed by atoms with Gasteiger partial charge in [0.05, 0.1) is 6.04 Å². The first kappa shape index (κ1) is 14.5. The SMILES string of the molecule is CC(C)C[C@H](N)C(=O)Nc1cccc(N(C)C)c1. The molecule has 100 valence electrons. The summed E-state index contributed by atoms with van der Waals surface area (Å²) in [6.45, 7) is 4.11. The number of nitrogens with zero attached hydrogens (tertiary/aromatic N) is 1. The van der Waals surface area contributed by atoms with Gasteiger partial charge in [-0.3, -0.25) is 4.79 Å². The summed E-state index contributed by atoms with van der Waals surface area (Å²) in [4.78, 5) is 13.9. The van der Waals surface area contributed by atoms with Crippen LogP contribution < -0.4 is 16.0 Å². The van der Waals surface area contributed by atoms with E-state index >= 15 is 0 Å². The van der Waals surface area contributed by atoms with Crippen molar-refractivity contribution in [1.82, 2.24) is 0 Å². The average Bonchev–Trinajstić information content (AvgIpc) is 2.28. The highest BCUT2D eigenvalue weighted by atomic mass is 16.2. The molecule has 4 heteroatoms. The molecule has 1 aromatic rings. The van der Waals surface area contributed by atoms with E-state index in [1.165, 1.54) is 0 Å². The van der Waals surface area contributed by atoms with Gasteiger partial charge < -0.3 is 16.0 Å². The van der Waals surface area contributed by atoms with Gasteiger partial charge in [0.15, 0.2) is 0 Å². The van der Waals surface area contributed by atoms with Crippen molar-refractivity contribution in [2.75, 3.05) is 24.3 Å². The zero-order valence-electron chi connectivity index (χ0n) is 11.6. The van der Waals surface area contributed by atoms with Crippen LogP contribution in [0.2, 0.25) is 0 Å². The lowest BCUT2D eigenvalue weighted by molar-refractivity contribution is -0.117. The lowest BCUT2D eigenvalue weighted by Gasteiger charge is -2.16. The number of nitrogens with one attached hydrogen (secondary N) is 1. The zero-order valence-corrected chi connectivity index (χ0v) is 11.6. The second kappa shape index (κ2) is 6.40. The molecule has 1 amide bonds. The highest BCUT2D eigenvalue weighted by molar-refractivity contribution is 5.95. The van der Waals surface area contributed by atoms with Gasteiger partial charge in [0.1, 0.15) is 0 Å². The summed E-state index contributed by atoms with van der Waals surface area (Å²) in [5.74, 6) is 0.290. The van der Waals surface area contributed by atoms with Gasteiger partial charge in [-0.2, -0.15) is 0 Å². The molecule has 0 aliphatic rings. The summed E-state index contributed by atoms with van der Waals surface area (Å²) in [7, 11) is 3.93. The Kier molecular flexibility index (Phi) is 5.16. The van der Waals surface area contributed by atoms with Crippen LogP contribution >= 0.6 is 0 Å². The molecule has 0 spiro atoms. The number of carbonyl (C=O) groups is 1. The number of carbonyl (C=O) groups excluding carboxylic acids is 1. The smallest absolute Gasteiger partial charge is 0.241 e. The van der Waals surface area contributed by atoms with Crippen LogP contribution in [0.1, 0.15) is 20.3 Å². The van der Waals surface area contributed by atoms with Gasteiger partial charge in [-0.1, -0.05) is 19.9 Å². The summed E-state index contributed by atoms with van der Waals surface area (Å²) < 4.78 is 0. The molecule has 1 aromatic carbocycles. The Labute approximate surface area is 109 Å². The molecule has 0 radical (unpaired) electrons. The largest absolute Gasteiger partial charge is 0.378 e. The maximum Gasteiger partial charge on any atom is 0.241 e. The molecule has 1 atom stereocenters. The van der Waals surface area contributed by atoms with E-state index in [1.54, 1.807) is 0 Å². The number of anilines is 2. The molecule has 0 fully saturated rings.